The third-order valence-corrected chi connectivity index (χ3v) is 4.09. The molecule has 3 aromatic rings. The lowest BCUT2D eigenvalue weighted by atomic mass is 10.1. The highest BCUT2D eigenvalue weighted by Crippen LogP contribution is 2.35. The number of hydrogen-bond donors (Lipinski definition) is 1. The van der Waals surface area contributed by atoms with Crippen molar-refractivity contribution in [3.63, 3.8) is 0 Å². The van der Waals surface area contributed by atoms with E-state index in [0.717, 1.165) is 6.07 Å². The van der Waals surface area contributed by atoms with Crippen LogP contribution in [0.15, 0.2) is 36.4 Å². The molecule has 1 aromatic heterocycles. The third-order valence-electron chi connectivity index (χ3n) is 3.55. The Kier molecular flexibility index (Phi) is 5.26. The lowest BCUT2D eigenvalue weighted by Gasteiger charge is -2.12. The van der Waals surface area contributed by atoms with Gasteiger partial charge in [-0.15, -0.1) is 5.10 Å². The molecule has 138 valence electrons. The Labute approximate surface area is 161 Å². The predicted molar refractivity (Wildman–Crippen MR) is 92.3 cm³/mol. The van der Waals surface area contributed by atoms with Gasteiger partial charge in [0.05, 0.1) is 10.6 Å². The van der Waals surface area contributed by atoms with Crippen molar-refractivity contribution in [1.82, 2.24) is 15.4 Å². The Morgan fingerprint density at radius 2 is 1.93 bits per heavy atom. The summed E-state index contributed by atoms with van der Waals surface area (Å²) < 4.78 is 44.4. The van der Waals surface area contributed by atoms with Gasteiger partial charge in [-0.25, -0.2) is 5.10 Å². The molecule has 5 nitrogen and oxygen atoms in total. The molecule has 0 atom stereocenters. The monoisotopic (exact) mass is 412 g/mol. The van der Waals surface area contributed by atoms with E-state index in [9.17, 15) is 13.2 Å². The van der Waals surface area contributed by atoms with Crippen molar-refractivity contribution in [1.29, 1.82) is 5.26 Å². The van der Waals surface area contributed by atoms with E-state index < -0.39 is 11.7 Å². The number of aromatic amines is 1. The van der Waals surface area contributed by atoms with Crippen LogP contribution < -0.4 is 4.74 Å². The van der Waals surface area contributed by atoms with E-state index in [1.807, 2.05) is 6.07 Å². The second kappa shape index (κ2) is 7.47. The van der Waals surface area contributed by atoms with Gasteiger partial charge in [0.1, 0.15) is 24.1 Å². The highest BCUT2D eigenvalue weighted by atomic mass is 35.5. The second-order valence-corrected chi connectivity index (χ2v) is 6.27. The van der Waals surface area contributed by atoms with E-state index in [1.165, 1.54) is 18.2 Å². The fourth-order valence-electron chi connectivity index (χ4n) is 2.34. The molecular formula is C17H9Cl2F3N4O. The standard InChI is InChI=1S/C17H9Cl2F3N4O/c18-11-4-10(16-15(7-23)24-26-25-16)5-12(6-11)27-8-9-1-2-14(19)13(3-9)17(20,21)22/h1-6H,8H2,(H,24,25,26). The lowest BCUT2D eigenvalue weighted by Crippen LogP contribution is -2.07. The Hall–Kier alpha value is -2.76. The average molecular weight is 413 g/mol. The summed E-state index contributed by atoms with van der Waals surface area (Å²) in [5.74, 6) is 0.299. The van der Waals surface area contributed by atoms with Crippen LogP contribution in [0.1, 0.15) is 16.8 Å². The van der Waals surface area contributed by atoms with Gasteiger partial charge in [0.2, 0.25) is 0 Å². The molecule has 2 aromatic carbocycles. The van der Waals surface area contributed by atoms with E-state index in [0.29, 0.717) is 16.3 Å². The van der Waals surface area contributed by atoms with Crippen LogP contribution in [0, 0.1) is 11.3 Å². The summed E-state index contributed by atoms with van der Waals surface area (Å²) in [5.41, 5.74) is 0.270. The number of nitrogens with zero attached hydrogens (tertiary/aromatic N) is 3. The fourth-order valence-corrected chi connectivity index (χ4v) is 2.79. The highest BCUT2D eigenvalue weighted by molar-refractivity contribution is 6.31. The van der Waals surface area contributed by atoms with Crippen LogP contribution in [0.25, 0.3) is 11.3 Å². The van der Waals surface area contributed by atoms with E-state index >= 15 is 0 Å². The first kappa shape index (κ1) is 19.0. The summed E-state index contributed by atoms with van der Waals surface area (Å²) >= 11 is 11.7. The molecule has 1 heterocycles. The summed E-state index contributed by atoms with van der Waals surface area (Å²) in [7, 11) is 0. The van der Waals surface area contributed by atoms with Crippen molar-refractivity contribution in [2.24, 2.45) is 0 Å². The van der Waals surface area contributed by atoms with E-state index in [4.69, 9.17) is 33.2 Å². The Morgan fingerprint density at radius 1 is 1.15 bits per heavy atom. The number of halogens is 5. The maximum Gasteiger partial charge on any atom is 0.417 e. The van der Waals surface area contributed by atoms with Gasteiger partial charge in [0, 0.05) is 10.6 Å². The summed E-state index contributed by atoms with van der Waals surface area (Å²) in [6, 6.07) is 10.1. The van der Waals surface area contributed by atoms with Crippen molar-refractivity contribution < 1.29 is 17.9 Å². The molecule has 0 aliphatic rings. The van der Waals surface area contributed by atoms with Gasteiger partial charge in [-0.2, -0.15) is 18.4 Å². The van der Waals surface area contributed by atoms with Crippen LogP contribution in [0.4, 0.5) is 13.2 Å². The molecule has 0 amide bonds. The molecule has 0 unspecified atom stereocenters. The van der Waals surface area contributed by atoms with Crippen molar-refractivity contribution in [3.8, 4) is 23.1 Å². The molecule has 1 N–H and O–H groups in total. The summed E-state index contributed by atoms with van der Waals surface area (Å²) in [4.78, 5) is 0. The molecule has 0 aliphatic heterocycles. The average Bonchev–Trinajstić information content (AvgIpc) is 3.08. The number of ether oxygens (including phenoxy) is 1. The fraction of sp³-hybridized carbons (Fsp3) is 0.118. The molecule has 27 heavy (non-hydrogen) atoms. The largest absolute Gasteiger partial charge is 0.489 e. The van der Waals surface area contributed by atoms with Crippen molar-refractivity contribution in [2.75, 3.05) is 0 Å². The van der Waals surface area contributed by atoms with Gasteiger partial charge < -0.3 is 4.74 Å². The summed E-state index contributed by atoms with van der Waals surface area (Å²) in [6.45, 7) is -0.135. The number of nitrogens with one attached hydrogen (secondary N) is 1. The summed E-state index contributed by atoms with van der Waals surface area (Å²) in [6.07, 6.45) is -4.56. The molecule has 0 saturated carbocycles. The smallest absolute Gasteiger partial charge is 0.417 e. The molecular weight excluding hydrogens is 404 g/mol. The molecule has 0 saturated heterocycles. The zero-order chi connectivity index (χ0) is 19.6. The van der Waals surface area contributed by atoms with Crippen LogP contribution in [-0.2, 0) is 12.8 Å². The number of nitriles is 1. The van der Waals surface area contributed by atoms with Gasteiger partial charge in [0.25, 0.3) is 0 Å². The van der Waals surface area contributed by atoms with Crippen molar-refractivity contribution >= 4 is 23.2 Å². The van der Waals surface area contributed by atoms with Gasteiger partial charge in [-0.1, -0.05) is 34.5 Å². The van der Waals surface area contributed by atoms with Crippen molar-refractivity contribution in [3.05, 3.63) is 63.3 Å². The van der Waals surface area contributed by atoms with Gasteiger partial charge >= 0.3 is 6.18 Å². The number of aromatic nitrogens is 3. The molecule has 0 aliphatic carbocycles. The van der Waals surface area contributed by atoms with Crippen LogP contribution in [0.3, 0.4) is 0 Å². The van der Waals surface area contributed by atoms with Crippen LogP contribution in [-0.4, -0.2) is 15.4 Å². The predicted octanol–water partition coefficient (Wildman–Crippen LogP) is 5.25. The number of rotatable bonds is 4. The first-order chi connectivity index (χ1) is 12.8. The number of hydrogen-bond acceptors (Lipinski definition) is 4. The summed E-state index contributed by atoms with van der Waals surface area (Å²) in [5, 5.41) is 18.8. The van der Waals surface area contributed by atoms with Gasteiger partial charge in [-0.05, 0) is 35.9 Å². The number of H-pyrrole nitrogens is 1. The zero-order valence-electron chi connectivity index (χ0n) is 13.3. The second-order valence-electron chi connectivity index (χ2n) is 5.42. The molecule has 0 fully saturated rings. The number of benzene rings is 2. The molecule has 0 radical (unpaired) electrons. The maximum atomic E-state index is 12.9. The quantitative estimate of drug-likeness (QED) is 0.634. The first-order valence-corrected chi connectivity index (χ1v) is 8.14. The van der Waals surface area contributed by atoms with Crippen LogP contribution in [0.2, 0.25) is 10.0 Å². The van der Waals surface area contributed by atoms with Gasteiger partial charge in [-0.3, -0.25) is 0 Å². The maximum absolute atomic E-state index is 12.9. The lowest BCUT2D eigenvalue weighted by molar-refractivity contribution is -0.137. The topological polar surface area (TPSA) is 74.6 Å². The van der Waals surface area contributed by atoms with E-state index in [-0.39, 0.29) is 28.6 Å². The van der Waals surface area contributed by atoms with Crippen molar-refractivity contribution in [2.45, 2.75) is 12.8 Å². The Bertz CT molecular complexity index is 1030. The molecule has 3 rings (SSSR count). The Balaban J connectivity index is 1.84. The zero-order valence-corrected chi connectivity index (χ0v) is 14.8. The molecule has 0 spiro atoms. The minimum atomic E-state index is -4.56. The minimum Gasteiger partial charge on any atom is -0.489 e. The minimum absolute atomic E-state index is 0.135. The Morgan fingerprint density at radius 3 is 2.63 bits per heavy atom. The SMILES string of the molecule is N#Cc1[nH]nnc1-c1cc(Cl)cc(OCc2ccc(Cl)c(C(F)(F)F)c2)c1. The van der Waals surface area contributed by atoms with Gasteiger partial charge in [0.15, 0.2) is 5.69 Å². The van der Waals surface area contributed by atoms with E-state index in [2.05, 4.69) is 15.4 Å². The van der Waals surface area contributed by atoms with Crippen LogP contribution >= 0.6 is 23.2 Å². The third kappa shape index (κ3) is 4.32. The van der Waals surface area contributed by atoms with Crippen LogP contribution in [0.5, 0.6) is 5.75 Å². The number of alkyl halides is 3. The molecule has 10 heteroatoms. The normalized spacial score (nSPS) is 11.3. The van der Waals surface area contributed by atoms with E-state index in [1.54, 1.807) is 12.1 Å². The first-order valence-electron chi connectivity index (χ1n) is 7.38. The highest BCUT2D eigenvalue weighted by Gasteiger charge is 2.33. The molecule has 0 bridgehead atoms.